The topological polar surface area (TPSA) is 32.3 Å². The standard InChI is InChI=1S/C9H17NO2/c1-6-4-8-5-7(2)12-9(8)10(6,3)11/h6-9H,4-5H2,1-3H3/t6-,7-,8-,9+,10-/m0/s1. The monoisotopic (exact) mass is 171 g/mol. The Kier molecular flexibility index (Phi) is 1.72. The fourth-order valence-electron chi connectivity index (χ4n) is 2.60. The van der Waals surface area contributed by atoms with E-state index >= 15 is 0 Å². The number of nitrogens with zero attached hydrogens (tertiary/aromatic N) is 1. The van der Waals surface area contributed by atoms with Crippen LogP contribution in [0.4, 0.5) is 0 Å². The van der Waals surface area contributed by atoms with Gasteiger partial charge in [-0.05, 0) is 20.3 Å². The van der Waals surface area contributed by atoms with E-state index in [1.807, 2.05) is 6.92 Å². The Hall–Kier alpha value is -0.120. The zero-order chi connectivity index (χ0) is 8.93. The Balaban J connectivity index is 2.18. The van der Waals surface area contributed by atoms with Gasteiger partial charge in [-0.3, -0.25) is 0 Å². The van der Waals surface area contributed by atoms with E-state index in [0.29, 0.717) is 12.0 Å². The molecule has 70 valence electrons. The van der Waals surface area contributed by atoms with Crippen LogP contribution in [0.5, 0.6) is 0 Å². The maximum Gasteiger partial charge on any atom is 0.196 e. The molecule has 0 bridgehead atoms. The number of hydrogen-bond acceptors (Lipinski definition) is 2. The highest BCUT2D eigenvalue weighted by molar-refractivity contribution is 4.83. The third kappa shape index (κ3) is 1.00. The second kappa shape index (κ2) is 2.44. The fraction of sp³-hybridized carbons (Fsp3) is 1.00. The van der Waals surface area contributed by atoms with Crippen LogP contribution in [-0.2, 0) is 4.74 Å². The molecular weight excluding hydrogens is 154 g/mol. The summed E-state index contributed by atoms with van der Waals surface area (Å²) < 4.78 is 5.45. The summed E-state index contributed by atoms with van der Waals surface area (Å²) in [5.41, 5.74) is 0. The Morgan fingerprint density at radius 2 is 2.00 bits per heavy atom. The molecule has 2 fully saturated rings. The molecule has 2 heterocycles. The number of ether oxygens (including phenoxy) is 1. The second-order valence-corrected chi connectivity index (χ2v) is 4.48. The first-order valence-electron chi connectivity index (χ1n) is 4.74. The molecule has 12 heavy (non-hydrogen) atoms. The van der Waals surface area contributed by atoms with Crippen molar-refractivity contribution in [2.45, 2.75) is 45.1 Å². The summed E-state index contributed by atoms with van der Waals surface area (Å²) in [6.07, 6.45) is 2.33. The van der Waals surface area contributed by atoms with Gasteiger partial charge in [0.2, 0.25) is 0 Å². The molecule has 3 nitrogen and oxygen atoms in total. The Morgan fingerprint density at radius 3 is 2.58 bits per heavy atom. The highest BCUT2D eigenvalue weighted by Crippen LogP contribution is 2.43. The van der Waals surface area contributed by atoms with Gasteiger partial charge in [-0.15, -0.1) is 0 Å². The summed E-state index contributed by atoms with van der Waals surface area (Å²) in [4.78, 5) is 0. The van der Waals surface area contributed by atoms with Crippen LogP contribution in [0.25, 0.3) is 0 Å². The van der Waals surface area contributed by atoms with Gasteiger partial charge in [0.15, 0.2) is 6.23 Å². The van der Waals surface area contributed by atoms with Crippen LogP contribution >= 0.6 is 0 Å². The highest BCUT2D eigenvalue weighted by atomic mass is 16.6. The molecule has 2 saturated heterocycles. The Morgan fingerprint density at radius 1 is 1.33 bits per heavy atom. The Labute approximate surface area is 73.5 Å². The third-order valence-electron chi connectivity index (χ3n) is 3.43. The SMILES string of the molecule is C[C@H]1C[C@@H]2C[C@H](C)[N@+](C)([O-])[C@@H]2O1. The molecule has 0 amide bonds. The first-order valence-corrected chi connectivity index (χ1v) is 4.74. The number of rotatable bonds is 0. The summed E-state index contributed by atoms with van der Waals surface area (Å²) in [5.74, 6) is 0.512. The van der Waals surface area contributed by atoms with E-state index in [1.54, 1.807) is 7.05 Å². The van der Waals surface area contributed by atoms with E-state index in [0.717, 1.165) is 12.8 Å². The van der Waals surface area contributed by atoms with Gasteiger partial charge in [0.1, 0.15) is 0 Å². The first kappa shape index (κ1) is 8.48. The van der Waals surface area contributed by atoms with Crippen molar-refractivity contribution in [1.82, 2.24) is 0 Å². The van der Waals surface area contributed by atoms with Crippen LogP contribution < -0.4 is 0 Å². The summed E-state index contributed by atoms with van der Waals surface area (Å²) in [5, 5.41) is 12.0. The van der Waals surface area contributed by atoms with Crippen LogP contribution in [0.2, 0.25) is 0 Å². The zero-order valence-corrected chi connectivity index (χ0v) is 7.99. The molecule has 0 aromatic carbocycles. The van der Waals surface area contributed by atoms with Crippen molar-refractivity contribution in [2.24, 2.45) is 5.92 Å². The molecule has 0 N–H and O–H groups in total. The van der Waals surface area contributed by atoms with Gasteiger partial charge in [0.05, 0.1) is 19.2 Å². The van der Waals surface area contributed by atoms with Crippen molar-refractivity contribution in [3.63, 3.8) is 0 Å². The van der Waals surface area contributed by atoms with Crippen molar-refractivity contribution >= 4 is 0 Å². The molecule has 0 aromatic heterocycles. The highest BCUT2D eigenvalue weighted by Gasteiger charge is 2.51. The lowest BCUT2D eigenvalue weighted by Gasteiger charge is -2.43. The van der Waals surface area contributed by atoms with E-state index in [-0.39, 0.29) is 16.9 Å². The number of quaternary nitrogens is 1. The minimum Gasteiger partial charge on any atom is -0.631 e. The van der Waals surface area contributed by atoms with E-state index in [1.165, 1.54) is 0 Å². The normalized spacial score (nSPS) is 59.0. The zero-order valence-electron chi connectivity index (χ0n) is 7.99. The van der Waals surface area contributed by atoms with Gasteiger partial charge in [-0.1, -0.05) is 0 Å². The molecule has 0 unspecified atom stereocenters. The van der Waals surface area contributed by atoms with Crippen molar-refractivity contribution in [2.75, 3.05) is 7.05 Å². The lowest BCUT2D eigenvalue weighted by atomic mass is 10.0. The quantitative estimate of drug-likeness (QED) is 0.408. The van der Waals surface area contributed by atoms with Gasteiger partial charge in [0, 0.05) is 12.3 Å². The van der Waals surface area contributed by atoms with Gasteiger partial charge < -0.3 is 14.6 Å². The summed E-state index contributed by atoms with van der Waals surface area (Å²) in [6, 6.07) is 0.215. The maximum absolute atomic E-state index is 12.0. The molecule has 0 aromatic rings. The van der Waals surface area contributed by atoms with Crippen LogP contribution in [0.1, 0.15) is 26.7 Å². The summed E-state index contributed by atoms with van der Waals surface area (Å²) in [7, 11) is 1.74. The lowest BCUT2D eigenvalue weighted by molar-refractivity contribution is -0.917. The van der Waals surface area contributed by atoms with Gasteiger partial charge >= 0.3 is 0 Å². The number of hydroxylamine groups is 3. The van der Waals surface area contributed by atoms with Gasteiger partial charge in [-0.25, -0.2) is 0 Å². The second-order valence-electron chi connectivity index (χ2n) is 4.48. The average Bonchev–Trinajstić information content (AvgIpc) is 2.38. The molecule has 0 aliphatic carbocycles. The largest absolute Gasteiger partial charge is 0.631 e. The molecule has 2 aliphatic rings. The third-order valence-corrected chi connectivity index (χ3v) is 3.43. The van der Waals surface area contributed by atoms with Crippen molar-refractivity contribution in [1.29, 1.82) is 0 Å². The van der Waals surface area contributed by atoms with Crippen molar-refractivity contribution in [3.8, 4) is 0 Å². The Bertz CT molecular complexity index is 193. The molecule has 2 aliphatic heterocycles. The van der Waals surface area contributed by atoms with Crippen LogP contribution in [0.15, 0.2) is 0 Å². The van der Waals surface area contributed by atoms with Crippen LogP contribution in [-0.4, -0.2) is 30.1 Å². The van der Waals surface area contributed by atoms with Crippen molar-refractivity contribution < 1.29 is 9.38 Å². The molecule has 0 radical (unpaired) electrons. The van der Waals surface area contributed by atoms with Crippen LogP contribution in [0.3, 0.4) is 0 Å². The molecule has 5 atom stereocenters. The van der Waals surface area contributed by atoms with E-state index < -0.39 is 0 Å². The minimum atomic E-state index is -0.186. The molecule has 0 saturated carbocycles. The van der Waals surface area contributed by atoms with E-state index in [2.05, 4.69) is 6.92 Å². The number of likely N-dealkylation sites (tertiary alicyclic amines) is 1. The van der Waals surface area contributed by atoms with Crippen LogP contribution in [0, 0.1) is 11.1 Å². The minimum absolute atomic E-state index is 0.0741. The predicted molar refractivity (Wildman–Crippen MR) is 46.1 cm³/mol. The predicted octanol–water partition coefficient (Wildman–Crippen LogP) is 1.47. The molecule has 0 spiro atoms. The molecule has 3 heteroatoms. The van der Waals surface area contributed by atoms with Gasteiger partial charge in [-0.2, -0.15) is 0 Å². The van der Waals surface area contributed by atoms with Gasteiger partial charge in [0.25, 0.3) is 0 Å². The molecule has 2 rings (SSSR count). The summed E-state index contributed by atoms with van der Waals surface area (Å²) >= 11 is 0. The average molecular weight is 171 g/mol. The molecular formula is C9H17NO2. The lowest BCUT2D eigenvalue weighted by Crippen LogP contribution is -2.48. The van der Waals surface area contributed by atoms with E-state index in [9.17, 15) is 5.21 Å². The first-order chi connectivity index (χ1) is 5.51. The summed E-state index contributed by atoms with van der Waals surface area (Å²) in [6.45, 7) is 4.09. The number of hydrogen-bond donors (Lipinski definition) is 0. The number of fused-ring (bicyclic) bond motifs is 1. The van der Waals surface area contributed by atoms with Crippen molar-refractivity contribution in [3.05, 3.63) is 5.21 Å². The maximum atomic E-state index is 12.0. The fourth-order valence-corrected chi connectivity index (χ4v) is 2.60. The van der Waals surface area contributed by atoms with E-state index in [4.69, 9.17) is 4.74 Å². The smallest absolute Gasteiger partial charge is 0.196 e.